The van der Waals surface area contributed by atoms with E-state index in [-0.39, 0.29) is 6.03 Å². The number of hydrogen-bond acceptors (Lipinski definition) is 2. The molecule has 1 heterocycles. The first-order valence-corrected chi connectivity index (χ1v) is 5.70. The molecule has 0 unspecified atom stereocenters. The monoisotopic (exact) mass is 234 g/mol. The van der Waals surface area contributed by atoms with Crippen LogP contribution in [0.2, 0.25) is 0 Å². The standard InChI is InChI=1S/C11H11N3OS/c1-14-7-8-16-11(14)13-10(15)12-9-5-3-2-4-6-9/h2-8H,1H3,(H,12,15)/p+1. The predicted octanol–water partition coefficient (Wildman–Crippen LogP) is 2.22. The molecule has 0 spiro atoms. The summed E-state index contributed by atoms with van der Waals surface area (Å²) in [6.07, 6.45) is 1.89. The first-order chi connectivity index (χ1) is 7.75. The molecule has 1 aromatic heterocycles. The fourth-order valence-corrected chi connectivity index (χ4v) is 1.99. The van der Waals surface area contributed by atoms with Crippen molar-refractivity contribution in [3.63, 3.8) is 0 Å². The molecule has 2 aromatic rings. The van der Waals surface area contributed by atoms with Gasteiger partial charge in [0, 0.05) is 11.1 Å². The molecule has 0 aliphatic carbocycles. The molecule has 0 radical (unpaired) electrons. The summed E-state index contributed by atoms with van der Waals surface area (Å²) in [5, 5.41) is 8.24. The summed E-state index contributed by atoms with van der Waals surface area (Å²) in [6, 6.07) is 9.11. The second kappa shape index (κ2) is 4.76. The van der Waals surface area contributed by atoms with E-state index in [2.05, 4.69) is 10.6 Å². The molecular weight excluding hydrogens is 222 g/mol. The van der Waals surface area contributed by atoms with Crippen LogP contribution in [0.15, 0.2) is 41.9 Å². The Kier molecular flexibility index (Phi) is 3.16. The lowest BCUT2D eigenvalue weighted by atomic mass is 10.3. The number of nitrogens with one attached hydrogen (secondary N) is 2. The lowest BCUT2D eigenvalue weighted by Crippen LogP contribution is -2.32. The molecule has 0 bridgehead atoms. The van der Waals surface area contributed by atoms with Crippen LogP contribution in [0.1, 0.15) is 0 Å². The zero-order valence-corrected chi connectivity index (χ0v) is 9.62. The molecule has 4 nitrogen and oxygen atoms in total. The van der Waals surface area contributed by atoms with E-state index in [0.29, 0.717) is 0 Å². The quantitative estimate of drug-likeness (QED) is 0.769. The zero-order valence-electron chi connectivity index (χ0n) is 8.81. The maximum Gasteiger partial charge on any atom is 0.411 e. The van der Waals surface area contributed by atoms with Gasteiger partial charge in [0.25, 0.3) is 0 Å². The van der Waals surface area contributed by atoms with Gasteiger partial charge in [-0.25, -0.2) is 9.36 Å². The molecule has 2 amide bonds. The van der Waals surface area contributed by atoms with Gasteiger partial charge in [0.05, 0.1) is 7.05 Å². The average Bonchev–Trinajstić information content (AvgIpc) is 2.66. The Labute approximate surface area is 97.5 Å². The summed E-state index contributed by atoms with van der Waals surface area (Å²) in [5.41, 5.74) is 0.777. The molecule has 82 valence electrons. The van der Waals surface area contributed by atoms with Crippen LogP contribution < -0.4 is 15.2 Å². The fourth-order valence-electron chi connectivity index (χ4n) is 1.24. The third-order valence-electron chi connectivity index (χ3n) is 2.04. The van der Waals surface area contributed by atoms with Gasteiger partial charge in [-0.1, -0.05) is 29.5 Å². The van der Waals surface area contributed by atoms with Gasteiger partial charge in [0.15, 0.2) is 0 Å². The number of nitrogens with zero attached hydrogens (tertiary/aromatic N) is 1. The van der Waals surface area contributed by atoms with Gasteiger partial charge in [-0.05, 0) is 12.1 Å². The smallest absolute Gasteiger partial charge is 0.288 e. The van der Waals surface area contributed by atoms with Crippen LogP contribution in [0.5, 0.6) is 0 Å². The third-order valence-corrected chi connectivity index (χ3v) is 2.91. The summed E-state index contributed by atoms with van der Waals surface area (Å²) in [5.74, 6) is 0. The van der Waals surface area contributed by atoms with Gasteiger partial charge in [-0.2, -0.15) is 5.32 Å². The van der Waals surface area contributed by atoms with Crippen LogP contribution in [-0.4, -0.2) is 6.03 Å². The van der Waals surface area contributed by atoms with Crippen molar-refractivity contribution in [3.05, 3.63) is 41.9 Å². The molecule has 0 saturated carbocycles. The summed E-state index contributed by atoms with van der Waals surface area (Å²) >= 11 is 1.48. The Bertz CT molecular complexity index is 481. The highest BCUT2D eigenvalue weighted by Crippen LogP contribution is 2.09. The van der Waals surface area contributed by atoms with E-state index in [4.69, 9.17) is 0 Å². The Morgan fingerprint density at radius 2 is 2.00 bits per heavy atom. The molecule has 1 aromatic carbocycles. The molecule has 0 atom stereocenters. The van der Waals surface area contributed by atoms with Crippen LogP contribution in [0, 0.1) is 0 Å². The zero-order chi connectivity index (χ0) is 11.4. The molecule has 0 aliphatic heterocycles. The molecule has 0 saturated heterocycles. The molecule has 16 heavy (non-hydrogen) atoms. The van der Waals surface area contributed by atoms with Gasteiger partial charge in [0.2, 0.25) is 0 Å². The van der Waals surface area contributed by atoms with Crippen molar-refractivity contribution in [1.29, 1.82) is 0 Å². The number of thiazole rings is 1. The van der Waals surface area contributed by atoms with Crippen molar-refractivity contribution in [2.45, 2.75) is 0 Å². The van der Waals surface area contributed by atoms with Gasteiger partial charge >= 0.3 is 11.2 Å². The van der Waals surface area contributed by atoms with Crippen molar-refractivity contribution in [2.24, 2.45) is 7.05 Å². The number of urea groups is 1. The minimum atomic E-state index is -0.232. The highest BCUT2D eigenvalue weighted by atomic mass is 32.1. The topological polar surface area (TPSA) is 45.0 Å². The van der Waals surface area contributed by atoms with Gasteiger partial charge < -0.3 is 0 Å². The number of anilines is 2. The number of amides is 2. The molecule has 2 N–H and O–H groups in total. The van der Waals surface area contributed by atoms with Crippen molar-refractivity contribution < 1.29 is 9.36 Å². The van der Waals surface area contributed by atoms with Crippen LogP contribution in [0.3, 0.4) is 0 Å². The number of hydrogen-bond donors (Lipinski definition) is 2. The van der Waals surface area contributed by atoms with Crippen LogP contribution >= 0.6 is 11.3 Å². The normalized spacial score (nSPS) is 9.81. The van der Waals surface area contributed by atoms with E-state index in [1.807, 2.05) is 53.5 Å². The summed E-state index contributed by atoms with van der Waals surface area (Å²) in [4.78, 5) is 11.6. The first kappa shape index (κ1) is 10.6. The fraction of sp³-hybridized carbons (Fsp3) is 0.0909. The Morgan fingerprint density at radius 1 is 1.25 bits per heavy atom. The second-order valence-electron chi connectivity index (χ2n) is 3.26. The molecule has 0 aliphatic rings. The van der Waals surface area contributed by atoms with E-state index in [0.717, 1.165) is 10.8 Å². The Morgan fingerprint density at radius 3 is 2.62 bits per heavy atom. The maximum atomic E-state index is 11.6. The summed E-state index contributed by atoms with van der Waals surface area (Å²) in [6.45, 7) is 0. The van der Waals surface area contributed by atoms with Crippen molar-refractivity contribution in [1.82, 2.24) is 0 Å². The largest absolute Gasteiger partial charge is 0.411 e. The van der Waals surface area contributed by atoms with Crippen LogP contribution in [0.4, 0.5) is 15.6 Å². The number of carbonyl (C=O) groups excluding carboxylic acids is 1. The van der Waals surface area contributed by atoms with Crippen molar-refractivity contribution in [3.8, 4) is 0 Å². The maximum absolute atomic E-state index is 11.6. The minimum Gasteiger partial charge on any atom is -0.288 e. The number of benzene rings is 1. The van der Waals surface area contributed by atoms with E-state index in [1.54, 1.807) is 0 Å². The Balaban J connectivity index is 1.98. The van der Waals surface area contributed by atoms with Crippen molar-refractivity contribution >= 4 is 28.2 Å². The second-order valence-corrected chi connectivity index (χ2v) is 4.16. The number of para-hydroxylation sites is 1. The van der Waals surface area contributed by atoms with E-state index >= 15 is 0 Å². The summed E-state index contributed by atoms with van der Waals surface area (Å²) < 4.78 is 1.86. The van der Waals surface area contributed by atoms with Crippen molar-refractivity contribution in [2.75, 3.05) is 10.6 Å². The molecule has 0 fully saturated rings. The van der Waals surface area contributed by atoms with E-state index < -0.39 is 0 Å². The number of aromatic nitrogens is 1. The predicted molar refractivity (Wildman–Crippen MR) is 64.6 cm³/mol. The minimum absolute atomic E-state index is 0.232. The lowest BCUT2D eigenvalue weighted by Gasteiger charge is -2.01. The highest BCUT2D eigenvalue weighted by Gasteiger charge is 2.13. The molecule has 5 heteroatoms. The van der Waals surface area contributed by atoms with Crippen LogP contribution in [0.25, 0.3) is 0 Å². The molecule has 2 rings (SSSR count). The number of carbonyl (C=O) groups is 1. The van der Waals surface area contributed by atoms with E-state index in [9.17, 15) is 4.79 Å². The van der Waals surface area contributed by atoms with Gasteiger partial charge in [-0.3, -0.25) is 5.32 Å². The molecular formula is C11H12N3OS+. The number of rotatable bonds is 2. The average molecular weight is 234 g/mol. The van der Waals surface area contributed by atoms with E-state index in [1.165, 1.54) is 11.3 Å². The SMILES string of the molecule is C[n+]1ccsc1NC(=O)Nc1ccccc1. The summed E-state index contributed by atoms with van der Waals surface area (Å²) in [7, 11) is 1.88. The van der Waals surface area contributed by atoms with Crippen LogP contribution in [-0.2, 0) is 7.05 Å². The first-order valence-electron chi connectivity index (χ1n) is 4.82. The highest BCUT2D eigenvalue weighted by molar-refractivity contribution is 7.13. The van der Waals surface area contributed by atoms with Gasteiger partial charge in [-0.15, -0.1) is 0 Å². The Hall–Kier alpha value is -1.88. The number of aryl methyl sites for hydroxylation is 1. The lowest BCUT2D eigenvalue weighted by molar-refractivity contribution is -0.652. The third kappa shape index (κ3) is 2.58. The van der Waals surface area contributed by atoms with Gasteiger partial charge in [0.1, 0.15) is 6.20 Å².